The fourth-order valence-corrected chi connectivity index (χ4v) is 4.70. The monoisotopic (exact) mass is 395 g/mol. The van der Waals surface area contributed by atoms with Crippen LogP contribution in [0.5, 0.6) is 0 Å². The Kier molecular flexibility index (Phi) is 7.66. The minimum Gasteiger partial charge on any atom is -0.386 e. The van der Waals surface area contributed by atoms with Crippen LogP contribution in [-0.4, -0.2) is 54.5 Å². The van der Waals surface area contributed by atoms with Gasteiger partial charge in [0.05, 0.1) is 11.1 Å². The molecule has 0 saturated carbocycles. The number of benzene rings is 1. The second kappa shape index (κ2) is 9.74. The summed E-state index contributed by atoms with van der Waals surface area (Å²) in [5.74, 6) is -1.67. The van der Waals surface area contributed by atoms with Crippen molar-refractivity contribution in [3.63, 3.8) is 0 Å². The number of esters is 2. The van der Waals surface area contributed by atoms with E-state index in [0.717, 1.165) is 31.7 Å². The SMILES string of the molecule is CO[Si](CCCCCCNC(=O)c1ccc2c(c1)C(=O)OC2=O)(OC)OC. The van der Waals surface area contributed by atoms with Crippen molar-refractivity contribution >= 4 is 26.7 Å². The minimum absolute atomic E-state index is 0.134. The Labute approximate surface area is 159 Å². The van der Waals surface area contributed by atoms with Crippen LogP contribution in [0.2, 0.25) is 6.04 Å². The Bertz CT molecular complexity index is 695. The lowest BCUT2D eigenvalue weighted by Crippen LogP contribution is -2.42. The lowest BCUT2D eigenvalue weighted by Gasteiger charge is -2.24. The lowest BCUT2D eigenvalue weighted by molar-refractivity contribution is 0.0443. The molecule has 0 bridgehead atoms. The topological polar surface area (TPSA) is 100 Å². The molecule has 148 valence electrons. The molecule has 2 rings (SSSR count). The number of hydrogen-bond donors (Lipinski definition) is 1. The van der Waals surface area contributed by atoms with E-state index in [1.165, 1.54) is 18.2 Å². The zero-order valence-corrected chi connectivity index (χ0v) is 16.8. The molecule has 27 heavy (non-hydrogen) atoms. The Morgan fingerprint density at radius 2 is 1.59 bits per heavy atom. The van der Waals surface area contributed by atoms with Gasteiger partial charge in [0.1, 0.15) is 0 Å². The molecular formula is C18H25NO7Si. The first kappa shape index (κ1) is 21.2. The highest BCUT2D eigenvalue weighted by atomic mass is 28.4. The molecule has 1 heterocycles. The van der Waals surface area contributed by atoms with Gasteiger partial charge in [-0.05, 0) is 31.0 Å². The summed E-state index contributed by atoms with van der Waals surface area (Å²) in [6.45, 7) is 0.528. The van der Waals surface area contributed by atoms with E-state index in [4.69, 9.17) is 13.3 Å². The van der Waals surface area contributed by atoms with Crippen LogP contribution in [0.4, 0.5) is 0 Å². The molecule has 0 radical (unpaired) electrons. The van der Waals surface area contributed by atoms with Crippen molar-refractivity contribution in [2.45, 2.75) is 31.7 Å². The summed E-state index contributed by atoms with van der Waals surface area (Å²) in [4.78, 5) is 35.1. The zero-order valence-electron chi connectivity index (χ0n) is 15.8. The Balaban J connectivity index is 1.69. The molecule has 1 aromatic rings. The van der Waals surface area contributed by atoms with E-state index in [9.17, 15) is 14.4 Å². The van der Waals surface area contributed by atoms with E-state index in [1.807, 2.05) is 0 Å². The molecule has 0 aromatic heterocycles. The van der Waals surface area contributed by atoms with Crippen LogP contribution in [0.25, 0.3) is 0 Å². The van der Waals surface area contributed by atoms with E-state index < -0.39 is 20.7 Å². The maximum Gasteiger partial charge on any atom is 0.500 e. The summed E-state index contributed by atoms with van der Waals surface area (Å²) in [5, 5.41) is 2.82. The van der Waals surface area contributed by atoms with Gasteiger partial charge in [-0.3, -0.25) is 4.79 Å². The number of nitrogens with one attached hydrogen (secondary N) is 1. The summed E-state index contributed by atoms with van der Waals surface area (Å²) in [6, 6.07) is 5.10. The van der Waals surface area contributed by atoms with Crippen LogP contribution < -0.4 is 5.32 Å². The van der Waals surface area contributed by atoms with E-state index >= 15 is 0 Å². The van der Waals surface area contributed by atoms with Gasteiger partial charge in [0.15, 0.2) is 0 Å². The number of unbranched alkanes of at least 4 members (excludes halogenated alkanes) is 3. The molecule has 9 heteroatoms. The van der Waals surface area contributed by atoms with Crippen molar-refractivity contribution in [1.29, 1.82) is 0 Å². The molecule has 0 aliphatic carbocycles. The van der Waals surface area contributed by atoms with Gasteiger partial charge >= 0.3 is 20.7 Å². The number of rotatable bonds is 11. The molecule has 1 amide bonds. The fraction of sp³-hybridized carbons (Fsp3) is 0.500. The third-order valence-corrected chi connectivity index (χ3v) is 7.37. The second-order valence-electron chi connectivity index (χ2n) is 6.15. The van der Waals surface area contributed by atoms with Crippen LogP contribution in [0.3, 0.4) is 0 Å². The van der Waals surface area contributed by atoms with Gasteiger partial charge in [-0.1, -0.05) is 12.8 Å². The van der Waals surface area contributed by atoms with E-state index in [0.29, 0.717) is 12.1 Å². The molecule has 0 saturated heterocycles. The average molecular weight is 395 g/mol. The molecule has 0 fully saturated rings. The number of amides is 1. The normalized spacial score (nSPS) is 13.4. The Hall–Kier alpha value is -2.07. The fourth-order valence-electron chi connectivity index (χ4n) is 2.91. The van der Waals surface area contributed by atoms with E-state index in [-0.39, 0.29) is 17.0 Å². The molecule has 1 aliphatic heterocycles. The predicted octanol–water partition coefficient (Wildman–Crippen LogP) is 2.17. The highest BCUT2D eigenvalue weighted by molar-refractivity contribution is 6.60. The molecule has 0 spiro atoms. The first-order chi connectivity index (χ1) is 13.0. The highest BCUT2D eigenvalue weighted by Gasteiger charge is 2.36. The summed E-state index contributed by atoms with van der Waals surface area (Å²) in [7, 11) is 2.30. The van der Waals surface area contributed by atoms with Gasteiger partial charge in [-0.2, -0.15) is 0 Å². The van der Waals surface area contributed by atoms with Gasteiger partial charge < -0.3 is 23.3 Å². The molecule has 1 aromatic carbocycles. The molecule has 1 N–H and O–H groups in total. The first-order valence-electron chi connectivity index (χ1n) is 8.80. The van der Waals surface area contributed by atoms with Crippen LogP contribution in [-0.2, 0) is 18.0 Å². The van der Waals surface area contributed by atoms with E-state index in [2.05, 4.69) is 10.1 Å². The van der Waals surface area contributed by atoms with Crippen molar-refractivity contribution in [3.8, 4) is 0 Å². The van der Waals surface area contributed by atoms with Crippen molar-refractivity contribution in [3.05, 3.63) is 34.9 Å². The maximum absolute atomic E-state index is 12.2. The maximum atomic E-state index is 12.2. The van der Waals surface area contributed by atoms with Crippen molar-refractivity contribution < 1.29 is 32.4 Å². The Morgan fingerprint density at radius 1 is 0.963 bits per heavy atom. The largest absolute Gasteiger partial charge is 0.500 e. The second-order valence-corrected chi connectivity index (χ2v) is 9.24. The number of hydrogen-bond acceptors (Lipinski definition) is 7. The minimum atomic E-state index is -2.50. The van der Waals surface area contributed by atoms with Crippen LogP contribution >= 0.6 is 0 Å². The molecule has 8 nitrogen and oxygen atoms in total. The van der Waals surface area contributed by atoms with Crippen molar-refractivity contribution in [2.75, 3.05) is 27.9 Å². The van der Waals surface area contributed by atoms with Crippen molar-refractivity contribution in [2.24, 2.45) is 0 Å². The third-order valence-electron chi connectivity index (χ3n) is 4.54. The average Bonchev–Trinajstić information content (AvgIpc) is 2.98. The summed E-state index contributed by atoms with van der Waals surface area (Å²) in [5.41, 5.74) is 0.658. The first-order valence-corrected chi connectivity index (χ1v) is 10.7. The quantitative estimate of drug-likeness (QED) is 0.265. The molecule has 0 atom stereocenters. The highest BCUT2D eigenvalue weighted by Crippen LogP contribution is 2.21. The van der Waals surface area contributed by atoms with Crippen LogP contribution in [0, 0.1) is 0 Å². The van der Waals surface area contributed by atoms with Gasteiger partial charge in [0.2, 0.25) is 0 Å². The van der Waals surface area contributed by atoms with Gasteiger partial charge in [-0.25, -0.2) is 9.59 Å². The summed E-state index contributed by atoms with van der Waals surface area (Å²) < 4.78 is 20.6. The zero-order chi connectivity index (χ0) is 19.9. The number of fused-ring (bicyclic) bond motifs is 1. The van der Waals surface area contributed by atoms with Gasteiger partial charge in [0.25, 0.3) is 5.91 Å². The predicted molar refractivity (Wildman–Crippen MR) is 98.6 cm³/mol. The van der Waals surface area contributed by atoms with Crippen LogP contribution in [0.1, 0.15) is 56.8 Å². The molecule has 0 unspecified atom stereocenters. The lowest BCUT2D eigenvalue weighted by atomic mass is 10.1. The number of ether oxygens (including phenoxy) is 1. The number of carbonyl (C=O) groups is 3. The smallest absolute Gasteiger partial charge is 0.386 e. The molecule has 1 aliphatic rings. The van der Waals surface area contributed by atoms with E-state index in [1.54, 1.807) is 21.3 Å². The standard InChI is InChI=1S/C18H25NO7Si/c1-23-27(24-2,25-3)11-7-5-4-6-10-19-16(20)13-8-9-14-15(12-13)18(22)26-17(14)21/h8-9,12H,4-7,10-11H2,1-3H3,(H,19,20). The van der Waals surface area contributed by atoms with Crippen LogP contribution in [0.15, 0.2) is 18.2 Å². The van der Waals surface area contributed by atoms with Crippen molar-refractivity contribution in [1.82, 2.24) is 5.32 Å². The Morgan fingerprint density at radius 3 is 2.26 bits per heavy atom. The number of cyclic esters (lactones) is 2. The molecular weight excluding hydrogens is 370 g/mol. The van der Waals surface area contributed by atoms with Gasteiger partial charge in [0, 0.05) is 39.5 Å². The summed E-state index contributed by atoms with van der Waals surface area (Å²) >= 11 is 0. The summed E-state index contributed by atoms with van der Waals surface area (Å²) in [6.07, 6.45) is 3.69. The third kappa shape index (κ3) is 5.22. The number of carbonyl (C=O) groups excluding carboxylic acids is 3. The van der Waals surface area contributed by atoms with Gasteiger partial charge in [-0.15, -0.1) is 0 Å².